The molecule has 0 atom stereocenters. The average molecular weight is 590 g/mol. The zero-order chi connectivity index (χ0) is 26.5. The van der Waals surface area contributed by atoms with Crippen molar-refractivity contribution in [3.8, 4) is 5.75 Å². The Morgan fingerprint density at radius 2 is 1.79 bits per heavy atom. The number of aliphatic imine (C=N–C) groups is 1. The second kappa shape index (κ2) is 11.7. The molecular formula is C29H24BrN3O4S. The van der Waals surface area contributed by atoms with E-state index in [1.807, 2.05) is 60.7 Å². The van der Waals surface area contributed by atoms with Gasteiger partial charge in [0.25, 0.3) is 5.91 Å². The van der Waals surface area contributed by atoms with Gasteiger partial charge >= 0.3 is 5.69 Å². The van der Waals surface area contributed by atoms with E-state index in [0.29, 0.717) is 26.3 Å². The van der Waals surface area contributed by atoms with Gasteiger partial charge in [0, 0.05) is 28.4 Å². The van der Waals surface area contributed by atoms with E-state index >= 15 is 0 Å². The van der Waals surface area contributed by atoms with E-state index in [9.17, 15) is 14.9 Å². The fourth-order valence-corrected chi connectivity index (χ4v) is 6.22. The maximum absolute atomic E-state index is 13.3. The predicted molar refractivity (Wildman–Crippen MR) is 154 cm³/mol. The number of carbonyl (C=O) groups excluding carboxylic acids is 1. The van der Waals surface area contributed by atoms with Gasteiger partial charge in [0.05, 0.1) is 15.0 Å². The number of nitro groups is 1. The van der Waals surface area contributed by atoms with Gasteiger partial charge in [-0.2, -0.15) is 0 Å². The van der Waals surface area contributed by atoms with Crippen LogP contribution >= 0.6 is 27.3 Å². The Kier molecular flexibility index (Phi) is 7.95. The smallest absolute Gasteiger partial charge is 0.312 e. The van der Waals surface area contributed by atoms with Crippen molar-refractivity contribution in [2.75, 3.05) is 5.32 Å². The third-order valence-corrected chi connectivity index (χ3v) is 8.00. The molecule has 0 fully saturated rings. The SMILES string of the molecule is O=C(Nc1ccccc1)c1c(N=Cc2cc(Br)c(OCc3ccccc3)c([N+](=O)[O-])c2)sc2c1CCCC2. The van der Waals surface area contributed by atoms with Crippen molar-refractivity contribution in [3.05, 3.63) is 115 Å². The van der Waals surface area contributed by atoms with Crippen molar-refractivity contribution in [2.24, 2.45) is 4.99 Å². The first-order valence-electron chi connectivity index (χ1n) is 12.2. The highest BCUT2D eigenvalue weighted by atomic mass is 79.9. The van der Waals surface area contributed by atoms with Crippen molar-refractivity contribution in [1.82, 2.24) is 0 Å². The summed E-state index contributed by atoms with van der Waals surface area (Å²) in [4.78, 5) is 30.6. The molecule has 1 aliphatic carbocycles. The van der Waals surface area contributed by atoms with Gasteiger partial charge in [0.2, 0.25) is 5.75 Å². The first kappa shape index (κ1) is 25.8. The van der Waals surface area contributed by atoms with Gasteiger partial charge in [-0.15, -0.1) is 11.3 Å². The van der Waals surface area contributed by atoms with Gasteiger partial charge in [-0.25, -0.2) is 4.99 Å². The zero-order valence-electron chi connectivity index (χ0n) is 20.4. The van der Waals surface area contributed by atoms with Crippen LogP contribution in [0.5, 0.6) is 5.75 Å². The maximum Gasteiger partial charge on any atom is 0.312 e. The second-order valence-corrected chi connectivity index (χ2v) is 10.8. The molecule has 1 aromatic heterocycles. The molecule has 0 aliphatic heterocycles. The number of aryl methyl sites for hydroxylation is 1. The molecule has 192 valence electrons. The number of nitrogens with zero attached hydrogens (tertiary/aromatic N) is 2. The number of fused-ring (bicyclic) bond motifs is 1. The lowest BCUT2D eigenvalue weighted by Crippen LogP contribution is -2.14. The zero-order valence-corrected chi connectivity index (χ0v) is 22.8. The number of rotatable bonds is 8. The summed E-state index contributed by atoms with van der Waals surface area (Å²) >= 11 is 4.95. The van der Waals surface area contributed by atoms with Crippen LogP contribution in [0.2, 0.25) is 0 Å². The first-order chi connectivity index (χ1) is 18.5. The minimum absolute atomic E-state index is 0.158. The number of para-hydroxylation sites is 1. The van der Waals surface area contributed by atoms with Crippen molar-refractivity contribution >= 4 is 55.8 Å². The Bertz CT molecular complexity index is 1500. The Morgan fingerprint density at radius 1 is 1.08 bits per heavy atom. The summed E-state index contributed by atoms with van der Waals surface area (Å²) in [5.41, 5.74) is 3.62. The molecule has 9 heteroatoms. The van der Waals surface area contributed by atoms with Gasteiger partial charge in [-0.1, -0.05) is 48.5 Å². The minimum atomic E-state index is -0.467. The number of thiophene rings is 1. The summed E-state index contributed by atoms with van der Waals surface area (Å²) in [6.07, 6.45) is 5.44. The molecule has 0 spiro atoms. The number of nitro benzene ring substituents is 1. The molecule has 4 aromatic rings. The number of halogens is 1. The molecule has 1 amide bonds. The predicted octanol–water partition coefficient (Wildman–Crippen LogP) is 7.88. The lowest BCUT2D eigenvalue weighted by atomic mass is 9.95. The fourth-order valence-electron chi connectivity index (χ4n) is 4.41. The highest BCUT2D eigenvalue weighted by Gasteiger charge is 2.26. The molecule has 0 unspecified atom stereocenters. The fraction of sp³-hybridized carbons (Fsp3) is 0.172. The number of anilines is 1. The van der Waals surface area contributed by atoms with E-state index in [1.54, 1.807) is 12.3 Å². The Hall–Kier alpha value is -3.82. The van der Waals surface area contributed by atoms with Crippen molar-refractivity contribution in [1.29, 1.82) is 0 Å². The number of ether oxygens (including phenoxy) is 1. The molecule has 0 radical (unpaired) electrons. The van der Waals surface area contributed by atoms with Gasteiger partial charge in [-0.3, -0.25) is 14.9 Å². The highest BCUT2D eigenvalue weighted by molar-refractivity contribution is 9.10. The van der Waals surface area contributed by atoms with Crippen LogP contribution in [-0.2, 0) is 19.4 Å². The Labute approximate surface area is 232 Å². The number of hydrogen-bond donors (Lipinski definition) is 1. The number of amides is 1. The van der Waals surface area contributed by atoms with Crippen molar-refractivity contribution in [3.63, 3.8) is 0 Å². The first-order valence-corrected chi connectivity index (χ1v) is 13.8. The number of nitrogens with one attached hydrogen (secondary N) is 1. The molecule has 38 heavy (non-hydrogen) atoms. The lowest BCUT2D eigenvalue weighted by Gasteiger charge is -2.12. The average Bonchev–Trinajstić information content (AvgIpc) is 3.30. The molecule has 0 saturated heterocycles. The molecule has 0 saturated carbocycles. The molecule has 3 aromatic carbocycles. The summed E-state index contributed by atoms with van der Waals surface area (Å²) < 4.78 is 6.27. The molecule has 5 rings (SSSR count). The van der Waals surface area contributed by atoms with Gasteiger partial charge < -0.3 is 10.1 Å². The normalized spacial score (nSPS) is 12.8. The van der Waals surface area contributed by atoms with E-state index in [2.05, 4.69) is 26.2 Å². The quantitative estimate of drug-likeness (QED) is 0.128. The Morgan fingerprint density at radius 3 is 2.53 bits per heavy atom. The maximum atomic E-state index is 13.3. The molecule has 7 nitrogen and oxygen atoms in total. The molecular weight excluding hydrogens is 566 g/mol. The van der Waals surface area contributed by atoms with Crippen molar-refractivity contribution < 1.29 is 14.5 Å². The van der Waals surface area contributed by atoms with Crippen LogP contribution in [0, 0.1) is 10.1 Å². The van der Waals surface area contributed by atoms with Crippen LogP contribution in [0.3, 0.4) is 0 Å². The third kappa shape index (κ3) is 5.84. The summed E-state index contributed by atoms with van der Waals surface area (Å²) in [5.74, 6) is -0.0370. The van der Waals surface area contributed by atoms with Crippen LogP contribution in [0.15, 0.2) is 82.3 Å². The topological polar surface area (TPSA) is 93.8 Å². The number of carbonyl (C=O) groups is 1. The summed E-state index contributed by atoms with van der Waals surface area (Å²) in [7, 11) is 0. The monoisotopic (exact) mass is 589 g/mol. The van der Waals surface area contributed by atoms with Gasteiger partial charge in [0.15, 0.2) is 0 Å². The summed E-state index contributed by atoms with van der Waals surface area (Å²) in [5, 5.41) is 15.5. The third-order valence-electron chi connectivity index (χ3n) is 6.21. The largest absolute Gasteiger partial charge is 0.481 e. The molecule has 1 N–H and O–H groups in total. The highest BCUT2D eigenvalue weighted by Crippen LogP contribution is 2.41. The summed E-state index contributed by atoms with van der Waals surface area (Å²) in [6, 6.07) is 22.0. The molecule has 0 bridgehead atoms. The molecule has 1 aliphatic rings. The standard InChI is InChI=1S/C29H24BrN3O4S/c30-23-15-20(16-24(33(35)36)27(23)37-18-19-9-3-1-4-10-19)17-31-29-26(22-13-7-8-14-25(22)38-29)28(34)32-21-11-5-2-6-12-21/h1-6,9-12,15-17H,7-8,13-14,18H2,(H,32,34). The van der Waals surface area contributed by atoms with Gasteiger partial charge in [0.1, 0.15) is 11.6 Å². The summed E-state index contributed by atoms with van der Waals surface area (Å²) in [6.45, 7) is 0.203. The van der Waals surface area contributed by atoms with E-state index in [1.165, 1.54) is 22.3 Å². The lowest BCUT2D eigenvalue weighted by molar-refractivity contribution is -0.386. The van der Waals surface area contributed by atoms with Crippen LogP contribution in [0.4, 0.5) is 16.4 Å². The van der Waals surface area contributed by atoms with Gasteiger partial charge in [-0.05, 0) is 70.9 Å². The minimum Gasteiger partial charge on any atom is -0.481 e. The van der Waals surface area contributed by atoms with Crippen LogP contribution < -0.4 is 10.1 Å². The Balaban J connectivity index is 1.44. The number of hydrogen-bond acceptors (Lipinski definition) is 6. The van der Waals surface area contributed by atoms with E-state index in [0.717, 1.165) is 36.8 Å². The van der Waals surface area contributed by atoms with Crippen LogP contribution in [0.25, 0.3) is 0 Å². The number of benzene rings is 3. The van der Waals surface area contributed by atoms with Crippen LogP contribution in [0.1, 0.15) is 44.8 Å². The van der Waals surface area contributed by atoms with Crippen LogP contribution in [-0.4, -0.2) is 17.0 Å². The van der Waals surface area contributed by atoms with E-state index in [4.69, 9.17) is 4.74 Å². The van der Waals surface area contributed by atoms with E-state index in [-0.39, 0.29) is 24.0 Å². The second-order valence-electron chi connectivity index (χ2n) is 8.85. The van der Waals surface area contributed by atoms with E-state index < -0.39 is 4.92 Å². The molecule has 1 heterocycles. The van der Waals surface area contributed by atoms with Crippen molar-refractivity contribution in [2.45, 2.75) is 32.3 Å².